The Morgan fingerprint density at radius 2 is 1.65 bits per heavy atom. The van der Waals surface area contributed by atoms with E-state index in [0.29, 0.717) is 74.8 Å². The fourth-order valence-corrected chi connectivity index (χ4v) is 15.1. The molecule has 11 N–H and O–H groups in total. The number of hydrogen-bond donors (Lipinski definition) is 10. The number of allylic oxidation sites excluding steroid dienone is 3. The molecule has 11 nitrogen and oxygen atoms in total. The highest BCUT2D eigenvalue weighted by atomic mass is 16.4. The highest BCUT2D eigenvalue weighted by Gasteiger charge is 2.60. The van der Waals surface area contributed by atoms with E-state index in [2.05, 4.69) is 97.9 Å². The molecule has 406 valence electrons. The Morgan fingerprint density at radius 1 is 0.905 bits per heavy atom. The summed E-state index contributed by atoms with van der Waals surface area (Å²) in [6.45, 7) is 9.77. The van der Waals surface area contributed by atoms with Crippen LogP contribution < -0.4 is 16.4 Å². The molecule has 0 saturated heterocycles. The Balaban J connectivity index is 1.18. The largest absolute Gasteiger partial charge is 0.508 e. The van der Waals surface area contributed by atoms with Crippen molar-refractivity contribution in [2.45, 2.75) is 186 Å². The monoisotopic (exact) mass is 1020 g/mol. The number of aliphatic hydroxyl groups is 3. The van der Waals surface area contributed by atoms with Crippen LogP contribution in [0.15, 0.2) is 78.2 Å². The molecule has 2 aromatic carbocycles. The Bertz CT molecular complexity index is 2430. The van der Waals surface area contributed by atoms with Gasteiger partial charge in [0.1, 0.15) is 11.5 Å². The van der Waals surface area contributed by atoms with Gasteiger partial charge in [0, 0.05) is 65.8 Å². The lowest BCUT2D eigenvalue weighted by atomic mass is 9.65. The van der Waals surface area contributed by atoms with Gasteiger partial charge in [-0.05, 0) is 160 Å². The molecule has 0 bridgehead atoms. The zero-order chi connectivity index (χ0) is 52.7. The number of aromatic hydroxyl groups is 2. The minimum atomic E-state index is -1.26. The van der Waals surface area contributed by atoms with E-state index in [1.54, 1.807) is 6.07 Å². The van der Waals surface area contributed by atoms with E-state index >= 15 is 0 Å². The van der Waals surface area contributed by atoms with E-state index in [1.807, 2.05) is 7.05 Å². The van der Waals surface area contributed by atoms with Crippen LogP contribution in [0.5, 0.6) is 11.5 Å². The third kappa shape index (κ3) is 12.2. The Labute approximate surface area is 442 Å². The number of aliphatic carboxylic acids is 1. The molecule has 1 aromatic heterocycles. The summed E-state index contributed by atoms with van der Waals surface area (Å²) in [5.41, 5.74) is 12.9. The second-order valence-corrected chi connectivity index (χ2v) is 24.0. The predicted octanol–water partition coefficient (Wildman–Crippen LogP) is 11.5. The summed E-state index contributed by atoms with van der Waals surface area (Å²) in [6, 6.07) is 13.9. The van der Waals surface area contributed by atoms with Crippen molar-refractivity contribution in [2.75, 3.05) is 20.1 Å². The number of rotatable bonds is 20. The van der Waals surface area contributed by atoms with E-state index in [-0.39, 0.29) is 59.0 Å². The van der Waals surface area contributed by atoms with Crippen LogP contribution in [-0.2, 0) is 17.6 Å². The maximum absolute atomic E-state index is 14.0. The third-order valence-electron chi connectivity index (χ3n) is 19.2. The number of nitrogens with two attached hydrogens (primary N) is 1. The average molecular weight is 1020 g/mol. The van der Waals surface area contributed by atoms with Crippen molar-refractivity contribution in [1.29, 1.82) is 0 Å². The number of H-pyrrole nitrogens is 1. The number of carboxylic acids is 1. The minimum Gasteiger partial charge on any atom is -0.508 e. The lowest BCUT2D eigenvalue weighted by Crippen LogP contribution is -2.51. The number of nitrogens with one attached hydrogen (secondary N) is 3. The molecule has 1 aliphatic heterocycles. The summed E-state index contributed by atoms with van der Waals surface area (Å²) in [5.74, 6) is -1.52. The molecule has 0 radical (unpaired) electrons. The Kier molecular flexibility index (Phi) is 18.5. The second kappa shape index (κ2) is 24.6. The van der Waals surface area contributed by atoms with Gasteiger partial charge >= 0.3 is 5.97 Å². The van der Waals surface area contributed by atoms with Gasteiger partial charge in [-0.25, -0.2) is 0 Å². The molecular weight excluding hydrogens is 925 g/mol. The molecule has 11 heteroatoms. The number of unbranched alkanes of at least 4 members (excludes halogenated alkanes) is 3. The molecule has 2 heterocycles. The van der Waals surface area contributed by atoms with Crippen molar-refractivity contribution in [3.63, 3.8) is 0 Å². The topological polar surface area (TPSA) is 204 Å². The normalized spacial score (nSPS) is 30.2. The molecule has 8 rings (SSSR count). The quantitative estimate of drug-likeness (QED) is 0.0383. The molecule has 3 fully saturated rings. The number of dihydropyridines is 1. The van der Waals surface area contributed by atoms with Crippen LogP contribution in [0.4, 0.5) is 0 Å². The Hall–Kier alpha value is -4.55. The van der Waals surface area contributed by atoms with Crippen LogP contribution in [0.25, 0.3) is 11.3 Å². The van der Waals surface area contributed by atoms with Crippen LogP contribution in [-0.4, -0.2) is 79.5 Å². The summed E-state index contributed by atoms with van der Waals surface area (Å²) in [6.07, 6.45) is 24.0. The van der Waals surface area contributed by atoms with Gasteiger partial charge in [-0.15, -0.1) is 0 Å². The highest BCUT2D eigenvalue weighted by molar-refractivity contribution is 5.73. The lowest BCUT2D eigenvalue weighted by molar-refractivity contribution is -0.152. The van der Waals surface area contributed by atoms with E-state index < -0.39 is 29.5 Å². The number of aromatic nitrogens is 1. The van der Waals surface area contributed by atoms with E-state index in [9.17, 15) is 35.4 Å². The molecule has 3 saturated carbocycles. The van der Waals surface area contributed by atoms with Crippen molar-refractivity contribution in [2.24, 2.45) is 52.6 Å². The van der Waals surface area contributed by atoms with Gasteiger partial charge in [0.25, 0.3) is 0 Å². The molecule has 3 aromatic rings. The zero-order valence-corrected chi connectivity index (χ0v) is 45.4. The maximum atomic E-state index is 14.0. The number of carbonyl (C=O) groups is 1. The van der Waals surface area contributed by atoms with Gasteiger partial charge in [-0.3, -0.25) is 4.79 Å². The summed E-state index contributed by atoms with van der Waals surface area (Å²) < 4.78 is 0. The predicted molar refractivity (Wildman–Crippen MR) is 297 cm³/mol. The second-order valence-electron chi connectivity index (χ2n) is 24.0. The zero-order valence-electron chi connectivity index (χ0n) is 45.4. The molecule has 5 aliphatic rings. The molecule has 0 unspecified atom stereocenters. The molecular formula is C63H92N4O7. The molecule has 4 aliphatic carbocycles. The number of aromatic amines is 1. The van der Waals surface area contributed by atoms with Gasteiger partial charge in [-0.1, -0.05) is 115 Å². The minimum absolute atomic E-state index is 0.0262. The third-order valence-corrected chi connectivity index (χ3v) is 19.2. The average Bonchev–Trinajstić information content (AvgIpc) is 4.13. The fourth-order valence-electron chi connectivity index (χ4n) is 15.1. The van der Waals surface area contributed by atoms with Crippen molar-refractivity contribution in [3.8, 4) is 22.8 Å². The number of carboxylic acid groups (broad SMARTS) is 1. The fraction of sp³-hybridized carbons (Fsp3) is 0.635. The lowest BCUT2D eigenvalue weighted by Gasteiger charge is -2.45. The number of aliphatic hydroxyl groups excluding tert-OH is 2. The Morgan fingerprint density at radius 3 is 2.32 bits per heavy atom. The molecule has 0 spiro atoms. The van der Waals surface area contributed by atoms with Crippen LogP contribution in [0.1, 0.15) is 183 Å². The summed E-state index contributed by atoms with van der Waals surface area (Å²) in [5, 5.41) is 78.1. The number of fused-ring (bicyclic) bond motifs is 1. The first-order valence-corrected chi connectivity index (χ1v) is 29.0. The first-order valence-electron chi connectivity index (χ1n) is 29.0. The number of hydrogen-bond acceptors (Lipinski definition) is 9. The van der Waals surface area contributed by atoms with Crippen molar-refractivity contribution in [1.82, 2.24) is 15.6 Å². The molecule has 0 amide bonds. The van der Waals surface area contributed by atoms with E-state index in [4.69, 9.17) is 5.73 Å². The summed E-state index contributed by atoms with van der Waals surface area (Å²) in [4.78, 5) is 17.6. The molecule has 74 heavy (non-hydrogen) atoms. The van der Waals surface area contributed by atoms with Gasteiger partial charge in [-0.2, -0.15) is 0 Å². The van der Waals surface area contributed by atoms with E-state index in [1.165, 1.54) is 36.5 Å². The first kappa shape index (κ1) is 55.7. The number of aryl methyl sites for hydroxylation is 1. The number of phenolic OH excluding ortho intramolecular Hbond substituents is 2. The summed E-state index contributed by atoms with van der Waals surface area (Å²) >= 11 is 0. The van der Waals surface area contributed by atoms with Crippen LogP contribution >= 0.6 is 0 Å². The van der Waals surface area contributed by atoms with Crippen molar-refractivity contribution < 1.29 is 35.4 Å². The van der Waals surface area contributed by atoms with Gasteiger partial charge in [0.05, 0.1) is 29.5 Å². The highest BCUT2D eigenvalue weighted by Crippen LogP contribution is 2.63. The van der Waals surface area contributed by atoms with Crippen LogP contribution in [0, 0.1) is 46.8 Å². The summed E-state index contributed by atoms with van der Waals surface area (Å²) in [7, 11) is 1.88. The number of phenols is 2. The van der Waals surface area contributed by atoms with Crippen molar-refractivity contribution >= 4 is 5.97 Å². The maximum Gasteiger partial charge on any atom is 0.309 e. The standard InChI is InChI=1S/C63H92N4O7/c1-6-8-9-14-40-19-22-44(55(69)30-40)15-10-11-16-45-23-24-50(54-31-42(7-2)60(67-54)52-35-49(68)36-56(70)51(52)29-41-17-20-43(21-18-41)39(3)4)53-32-47(62(26-12-13-27-62)46-25-28-66-58(64)34-46)37-63(53,74)48(38-65-5)33-57(71)59(45)61(72)73/h17-22,25,31,34-36,39-40,44-45,47-48,50,53,55,57,59,65-71,74H,6-16,23-24,26-30,32-33,37-38,64H2,1-5H3,(H,72,73)/t40-,44-,45-,47-,48-,50+,53+,55+,57+,59-,63+/m1/s1. The SMILES string of the molecule is CCCCC[C@@H]1C=C[C@@H](CCCC[C@@H]2CC[C@H](c3cc(CC)c(-c4cc(O)cc(O)c4Cc4ccc(C(C)C)cc4)[nH]3)[C@@H]3C[C@@H](C4(C5=CCNC(N)=C5)CCCC4)C[C@]3(O)[C@@H](CNC)C[C@H](O)[C@@H]2C(=O)O)[C@@H](O)C1. The smallest absolute Gasteiger partial charge is 0.309 e. The van der Waals surface area contributed by atoms with Gasteiger partial charge in [0.15, 0.2) is 0 Å². The van der Waals surface area contributed by atoms with Gasteiger partial charge in [0.2, 0.25) is 0 Å². The first-order chi connectivity index (χ1) is 35.6. The van der Waals surface area contributed by atoms with E-state index in [0.717, 1.165) is 92.3 Å². The van der Waals surface area contributed by atoms with Gasteiger partial charge < -0.3 is 52.0 Å². The van der Waals surface area contributed by atoms with Crippen LogP contribution in [0.2, 0.25) is 0 Å². The van der Waals surface area contributed by atoms with Crippen LogP contribution in [0.3, 0.4) is 0 Å². The van der Waals surface area contributed by atoms with Crippen molar-refractivity contribution in [3.05, 3.63) is 106 Å². The number of benzene rings is 2. The molecule has 11 atom stereocenters.